The van der Waals surface area contributed by atoms with Gasteiger partial charge in [0.15, 0.2) is 11.5 Å². The highest BCUT2D eigenvalue weighted by Gasteiger charge is 2.15. The number of hydrogen-bond acceptors (Lipinski definition) is 5. The first-order valence-corrected chi connectivity index (χ1v) is 10.9. The van der Waals surface area contributed by atoms with Gasteiger partial charge < -0.3 is 9.47 Å². The van der Waals surface area contributed by atoms with E-state index in [4.69, 9.17) is 20.9 Å². The number of benzene rings is 2. The summed E-state index contributed by atoms with van der Waals surface area (Å²) in [6, 6.07) is 10.9. The van der Waals surface area contributed by atoms with Gasteiger partial charge in [0.25, 0.3) is 5.56 Å². The van der Waals surface area contributed by atoms with Crippen molar-refractivity contribution in [2.75, 3.05) is 13.2 Å². The van der Waals surface area contributed by atoms with Crippen molar-refractivity contribution in [2.45, 2.75) is 33.1 Å². The minimum atomic E-state index is -0.211. The van der Waals surface area contributed by atoms with Crippen molar-refractivity contribution < 1.29 is 9.47 Å². The smallest absolute Gasteiger partial charge is 0.282 e. The molecule has 1 aromatic heterocycles. The quantitative estimate of drug-likeness (QED) is 0.336. The number of nitrogens with zero attached hydrogens (tertiary/aromatic N) is 3. The van der Waals surface area contributed by atoms with Crippen LogP contribution in [0.5, 0.6) is 11.5 Å². The molecular formula is C24H24BrN3O3. The SMILES string of the molecule is C#CCOc1ccc(C=Nn2c([C@@H](C)CC)nc3ccc(Br)cc3c2=O)cc1OCC. The summed E-state index contributed by atoms with van der Waals surface area (Å²) in [6.07, 6.45) is 7.73. The molecule has 0 spiro atoms. The van der Waals surface area contributed by atoms with Crippen LogP contribution in [0, 0.1) is 12.3 Å². The summed E-state index contributed by atoms with van der Waals surface area (Å²) >= 11 is 3.42. The zero-order valence-electron chi connectivity index (χ0n) is 17.8. The Morgan fingerprint density at radius 3 is 2.74 bits per heavy atom. The first-order valence-electron chi connectivity index (χ1n) is 10.1. The number of rotatable bonds is 8. The van der Waals surface area contributed by atoms with Gasteiger partial charge in [-0.3, -0.25) is 4.79 Å². The van der Waals surface area contributed by atoms with Gasteiger partial charge in [0.05, 0.1) is 23.7 Å². The number of hydrogen-bond donors (Lipinski definition) is 0. The van der Waals surface area contributed by atoms with E-state index in [1.165, 1.54) is 4.68 Å². The molecule has 0 aliphatic carbocycles. The van der Waals surface area contributed by atoms with Crippen molar-refractivity contribution in [1.82, 2.24) is 9.66 Å². The van der Waals surface area contributed by atoms with E-state index < -0.39 is 0 Å². The molecule has 0 aliphatic rings. The van der Waals surface area contributed by atoms with Crippen LogP contribution in [0.1, 0.15) is 44.5 Å². The molecule has 7 heteroatoms. The Labute approximate surface area is 190 Å². The summed E-state index contributed by atoms with van der Waals surface area (Å²) in [5.41, 5.74) is 1.20. The predicted octanol–water partition coefficient (Wildman–Crippen LogP) is 4.97. The zero-order valence-corrected chi connectivity index (χ0v) is 19.3. The molecule has 0 amide bonds. The Kier molecular flexibility index (Phi) is 7.48. The van der Waals surface area contributed by atoms with Gasteiger partial charge in [-0.05, 0) is 55.3 Å². The molecule has 6 nitrogen and oxygen atoms in total. The van der Waals surface area contributed by atoms with Gasteiger partial charge in [0.2, 0.25) is 0 Å². The van der Waals surface area contributed by atoms with E-state index in [2.05, 4.69) is 33.9 Å². The Bertz CT molecular complexity index is 1210. The van der Waals surface area contributed by atoms with Crippen LogP contribution in [-0.4, -0.2) is 29.1 Å². The molecule has 0 aliphatic heterocycles. The average Bonchev–Trinajstić information content (AvgIpc) is 2.77. The van der Waals surface area contributed by atoms with Crippen LogP contribution in [0.4, 0.5) is 0 Å². The standard InChI is InChI=1S/C24H24BrN3O3/c1-5-12-31-21-11-8-17(13-22(21)30-7-3)15-26-28-23(16(4)6-2)27-20-10-9-18(25)14-19(20)24(28)29/h1,8-11,13-16H,6-7,12H2,2-4H3/t16-/m0/s1. The molecule has 3 rings (SSSR count). The monoisotopic (exact) mass is 481 g/mol. The van der Waals surface area contributed by atoms with Crippen molar-refractivity contribution in [3.8, 4) is 23.8 Å². The molecule has 1 heterocycles. The predicted molar refractivity (Wildman–Crippen MR) is 127 cm³/mol. The van der Waals surface area contributed by atoms with Crippen LogP contribution in [0.15, 0.2) is 50.8 Å². The van der Waals surface area contributed by atoms with E-state index >= 15 is 0 Å². The molecule has 0 fully saturated rings. The maximum absolute atomic E-state index is 13.2. The minimum Gasteiger partial charge on any atom is -0.490 e. The van der Waals surface area contributed by atoms with E-state index in [1.54, 1.807) is 24.4 Å². The molecule has 0 radical (unpaired) electrons. The summed E-state index contributed by atoms with van der Waals surface area (Å²) in [4.78, 5) is 17.9. The average molecular weight is 482 g/mol. The van der Waals surface area contributed by atoms with Gasteiger partial charge in [0, 0.05) is 10.4 Å². The van der Waals surface area contributed by atoms with Gasteiger partial charge in [-0.15, -0.1) is 6.42 Å². The molecular weight excluding hydrogens is 458 g/mol. The Hall–Kier alpha value is -3.11. The molecule has 1 atom stereocenters. The van der Waals surface area contributed by atoms with Crippen LogP contribution in [0.3, 0.4) is 0 Å². The van der Waals surface area contributed by atoms with Crippen LogP contribution in [0.2, 0.25) is 0 Å². The molecule has 0 bridgehead atoms. The van der Waals surface area contributed by atoms with Crippen molar-refractivity contribution in [1.29, 1.82) is 0 Å². The molecule has 0 saturated carbocycles. The largest absolute Gasteiger partial charge is 0.490 e. The lowest BCUT2D eigenvalue weighted by Crippen LogP contribution is -2.23. The number of ether oxygens (including phenoxy) is 2. The fourth-order valence-electron chi connectivity index (χ4n) is 3.02. The first kappa shape index (κ1) is 22.6. The Morgan fingerprint density at radius 2 is 2.03 bits per heavy atom. The zero-order chi connectivity index (χ0) is 22.4. The molecule has 160 valence electrons. The molecule has 3 aromatic rings. The molecule has 0 unspecified atom stereocenters. The van der Waals surface area contributed by atoms with Crippen LogP contribution < -0.4 is 15.0 Å². The molecule has 2 aromatic carbocycles. The third-order valence-electron chi connectivity index (χ3n) is 4.79. The van der Waals surface area contributed by atoms with E-state index in [1.807, 2.05) is 32.0 Å². The highest BCUT2D eigenvalue weighted by atomic mass is 79.9. The normalized spacial score (nSPS) is 12.1. The summed E-state index contributed by atoms with van der Waals surface area (Å²) in [7, 11) is 0. The van der Waals surface area contributed by atoms with Gasteiger partial charge in [0.1, 0.15) is 12.4 Å². The number of aromatic nitrogens is 2. The second-order valence-electron chi connectivity index (χ2n) is 6.93. The lowest BCUT2D eigenvalue weighted by molar-refractivity contribution is 0.299. The second-order valence-corrected chi connectivity index (χ2v) is 7.85. The van der Waals surface area contributed by atoms with E-state index in [9.17, 15) is 4.79 Å². The highest BCUT2D eigenvalue weighted by molar-refractivity contribution is 9.10. The number of fused-ring (bicyclic) bond motifs is 1. The lowest BCUT2D eigenvalue weighted by Gasteiger charge is -2.14. The van der Waals surface area contributed by atoms with E-state index in [0.717, 1.165) is 16.5 Å². The third kappa shape index (κ3) is 5.15. The summed E-state index contributed by atoms with van der Waals surface area (Å²) in [5.74, 6) is 4.26. The fourth-order valence-corrected chi connectivity index (χ4v) is 3.38. The minimum absolute atomic E-state index is 0.0661. The van der Waals surface area contributed by atoms with Gasteiger partial charge in [-0.1, -0.05) is 35.7 Å². The lowest BCUT2D eigenvalue weighted by atomic mass is 10.1. The fraction of sp³-hybridized carbons (Fsp3) is 0.292. The Morgan fingerprint density at radius 1 is 1.23 bits per heavy atom. The van der Waals surface area contributed by atoms with Crippen LogP contribution >= 0.6 is 15.9 Å². The van der Waals surface area contributed by atoms with E-state index in [0.29, 0.717) is 34.8 Å². The van der Waals surface area contributed by atoms with Gasteiger partial charge in [-0.2, -0.15) is 9.78 Å². The number of halogens is 1. The third-order valence-corrected chi connectivity index (χ3v) is 5.28. The Balaban J connectivity index is 2.07. The van der Waals surface area contributed by atoms with Crippen LogP contribution in [0.25, 0.3) is 10.9 Å². The van der Waals surface area contributed by atoms with Crippen molar-refractivity contribution in [3.05, 3.63) is 62.6 Å². The maximum Gasteiger partial charge on any atom is 0.282 e. The molecule has 0 N–H and O–H groups in total. The molecule has 0 saturated heterocycles. The molecule has 31 heavy (non-hydrogen) atoms. The van der Waals surface area contributed by atoms with Crippen LogP contribution in [-0.2, 0) is 0 Å². The summed E-state index contributed by atoms with van der Waals surface area (Å²) in [6.45, 7) is 6.61. The second kappa shape index (κ2) is 10.3. The van der Waals surface area contributed by atoms with E-state index in [-0.39, 0.29) is 18.1 Å². The first-order chi connectivity index (χ1) is 15.0. The number of terminal acetylenes is 1. The van der Waals surface area contributed by atoms with Crippen molar-refractivity contribution in [2.24, 2.45) is 5.10 Å². The van der Waals surface area contributed by atoms with Gasteiger partial charge in [-0.25, -0.2) is 4.98 Å². The topological polar surface area (TPSA) is 65.7 Å². The summed E-state index contributed by atoms with van der Waals surface area (Å²) < 4.78 is 13.4. The van der Waals surface area contributed by atoms with Crippen molar-refractivity contribution >= 4 is 33.0 Å². The van der Waals surface area contributed by atoms with Gasteiger partial charge >= 0.3 is 0 Å². The highest BCUT2D eigenvalue weighted by Crippen LogP contribution is 2.28. The maximum atomic E-state index is 13.2. The summed E-state index contributed by atoms with van der Waals surface area (Å²) in [5, 5.41) is 5.00. The van der Waals surface area contributed by atoms with Crippen molar-refractivity contribution in [3.63, 3.8) is 0 Å².